The second-order valence-corrected chi connectivity index (χ2v) is 12.3. The molecule has 0 N–H and O–H groups in total. The maximum absolute atomic E-state index is 14.8. The first-order valence-electron chi connectivity index (χ1n) is 13.4. The lowest BCUT2D eigenvalue weighted by Crippen LogP contribution is -2.50. The van der Waals surface area contributed by atoms with Gasteiger partial charge >= 0.3 is 0 Å². The van der Waals surface area contributed by atoms with Gasteiger partial charge in [0.05, 0.1) is 15.5 Å². The Morgan fingerprint density at radius 2 is 1.67 bits per heavy atom. The third-order valence-corrected chi connectivity index (χ3v) is 9.48. The molecule has 1 saturated heterocycles. The summed E-state index contributed by atoms with van der Waals surface area (Å²) >= 11 is 6.28. The summed E-state index contributed by atoms with van der Waals surface area (Å²) in [4.78, 5) is 17.9. The molecule has 220 valence electrons. The predicted molar refractivity (Wildman–Crippen MR) is 154 cm³/mol. The third kappa shape index (κ3) is 6.39. The van der Waals surface area contributed by atoms with Crippen molar-refractivity contribution in [2.45, 2.75) is 18.4 Å². The third-order valence-electron chi connectivity index (χ3n) is 7.25. The lowest BCUT2D eigenvalue weighted by atomic mass is 10.0. The van der Waals surface area contributed by atoms with Crippen LogP contribution in [0.25, 0.3) is 11.3 Å². The van der Waals surface area contributed by atoms with Crippen molar-refractivity contribution < 1.29 is 26.5 Å². The summed E-state index contributed by atoms with van der Waals surface area (Å²) in [7, 11) is -3.59. The first-order chi connectivity index (χ1) is 20.1. The maximum Gasteiger partial charge on any atom is 0.260 e. The fraction of sp³-hybridized carbons (Fsp3) is 0.267. The molecule has 42 heavy (non-hydrogen) atoms. The fourth-order valence-electron chi connectivity index (χ4n) is 4.94. The van der Waals surface area contributed by atoms with Crippen molar-refractivity contribution in [3.8, 4) is 11.3 Å². The van der Waals surface area contributed by atoms with Crippen LogP contribution in [0.2, 0.25) is 5.02 Å². The van der Waals surface area contributed by atoms with E-state index < -0.39 is 27.6 Å². The minimum Gasteiger partial charge on any atom is -0.360 e. The Kier molecular flexibility index (Phi) is 9.02. The number of rotatable bonds is 9. The SMILES string of the molecule is Cc1onc(-c2c(F)cccc2Cl)c1C(=O)N(CCN1CCN(S(=O)(=O)c2ccccc2)CC1)Cc1ccc(F)cc1. The minimum atomic E-state index is -3.59. The Morgan fingerprint density at radius 3 is 2.33 bits per heavy atom. The number of carbonyl (C=O) groups excluding carboxylic acids is 1. The average Bonchev–Trinajstić information content (AvgIpc) is 3.37. The predicted octanol–water partition coefficient (Wildman–Crippen LogP) is 5.23. The monoisotopic (exact) mass is 614 g/mol. The first-order valence-corrected chi connectivity index (χ1v) is 15.2. The van der Waals surface area contributed by atoms with E-state index >= 15 is 0 Å². The van der Waals surface area contributed by atoms with Gasteiger partial charge in [-0.05, 0) is 48.9 Å². The zero-order chi connectivity index (χ0) is 29.9. The van der Waals surface area contributed by atoms with Crippen molar-refractivity contribution in [2.75, 3.05) is 39.3 Å². The van der Waals surface area contributed by atoms with Crippen LogP contribution in [0.3, 0.4) is 0 Å². The second kappa shape index (κ2) is 12.7. The Bertz CT molecular complexity index is 1640. The van der Waals surface area contributed by atoms with Crippen LogP contribution >= 0.6 is 11.6 Å². The van der Waals surface area contributed by atoms with Crippen molar-refractivity contribution >= 4 is 27.5 Å². The smallest absolute Gasteiger partial charge is 0.260 e. The van der Waals surface area contributed by atoms with Gasteiger partial charge in [-0.3, -0.25) is 9.69 Å². The number of hydrogen-bond acceptors (Lipinski definition) is 6. The van der Waals surface area contributed by atoms with E-state index in [1.807, 2.05) is 0 Å². The molecule has 8 nitrogen and oxygen atoms in total. The highest BCUT2D eigenvalue weighted by Gasteiger charge is 2.31. The zero-order valence-electron chi connectivity index (χ0n) is 22.8. The molecule has 1 fully saturated rings. The van der Waals surface area contributed by atoms with Crippen molar-refractivity contribution in [2.24, 2.45) is 0 Å². The number of halogens is 3. The van der Waals surface area contributed by atoms with Crippen molar-refractivity contribution in [3.63, 3.8) is 0 Å². The number of carbonyl (C=O) groups is 1. The maximum atomic E-state index is 14.8. The van der Waals surface area contributed by atoms with Gasteiger partial charge in [-0.15, -0.1) is 0 Å². The molecule has 2 heterocycles. The molecule has 1 aliphatic heterocycles. The number of piperazine rings is 1. The molecule has 12 heteroatoms. The summed E-state index contributed by atoms with van der Waals surface area (Å²) in [6, 6.07) is 18.3. The van der Waals surface area contributed by atoms with Crippen LogP contribution in [0.1, 0.15) is 21.7 Å². The van der Waals surface area contributed by atoms with Crippen LogP contribution in [0.4, 0.5) is 8.78 Å². The summed E-state index contributed by atoms with van der Waals surface area (Å²) in [5, 5.41) is 4.06. The normalized spacial score (nSPS) is 14.7. The van der Waals surface area contributed by atoms with E-state index in [9.17, 15) is 22.0 Å². The fourth-order valence-corrected chi connectivity index (χ4v) is 6.63. The van der Waals surface area contributed by atoms with Crippen molar-refractivity contribution in [1.29, 1.82) is 0 Å². The molecule has 3 aromatic carbocycles. The van der Waals surface area contributed by atoms with E-state index in [0.29, 0.717) is 38.3 Å². The first kappa shape index (κ1) is 29.8. The number of benzene rings is 3. The highest BCUT2D eigenvalue weighted by atomic mass is 35.5. The van der Waals surface area contributed by atoms with Gasteiger partial charge in [0, 0.05) is 45.8 Å². The quantitative estimate of drug-likeness (QED) is 0.257. The summed E-state index contributed by atoms with van der Waals surface area (Å²) in [5.41, 5.74) is 0.757. The van der Waals surface area contributed by atoms with E-state index in [1.165, 1.54) is 34.6 Å². The zero-order valence-corrected chi connectivity index (χ0v) is 24.4. The van der Waals surface area contributed by atoms with E-state index in [0.717, 1.165) is 0 Å². The van der Waals surface area contributed by atoms with Gasteiger partial charge in [0.2, 0.25) is 10.0 Å². The van der Waals surface area contributed by atoms with E-state index in [-0.39, 0.29) is 45.6 Å². The number of aryl methyl sites for hydroxylation is 1. The van der Waals surface area contributed by atoms with Gasteiger partial charge in [0.25, 0.3) is 5.91 Å². The Balaban J connectivity index is 1.34. The molecule has 1 amide bonds. The molecule has 0 spiro atoms. The van der Waals surface area contributed by atoms with E-state index in [4.69, 9.17) is 16.1 Å². The number of nitrogens with zero attached hydrogens (tertiary/aromatic N) is 4. The van der Waals surface area contributed by atoms with Crippen LogP contribution < -0.4 is 0 Å². The molecule has 0 unspecified atom stereocenters. The number of amides is 1. The van der Waals surface area contributed by atoms with Gasteiger partial charge in [0.1, 0.15) is 28.7 Å². The molecule has 5 rings (SSSR count). The van der Waals surface area contributed by atoms with Gasteiger partial charge in [-0.1, -0.05) is 53.2 Å². The van der Waals surface area contributed by atoms with Gasteiger partial charge < -0.3 is 9.42 Å². The van der Waals surface area contributed by atoms with Gasteiger partial charge in [-0.2, -0.15) is 4.31 Å². The van der Waals surface area contributed by atoms with Crippen molar-refractivity contribution in [3.05, 3.63) is 106 Å². The number of sulfonamides is 1. The Labute approximate surface area is 248 Å². The van der Waals surface area contributed by atoms with Crippen LogP contribution in [0, 0.1) is 18.6 Å². The Hall–Kier alpha value is -3.64. The summed E-state index contributed by atoms with van der Waals surface area (Å²) in [6.45, 7) is 4.01. The molecule has 4 aromatic rings. The van der Waals surface area contributed by atoms with E-state index in [1.54, 1.807) is 54.3 Å². The average molecular weight is 615 g/mol. The second-order valence-electron chi connectivity index (χ2n) is 9.97. The standard InChI is InChI=1S/C30H29ClF2N4O4S/c1-21-27(29(34-41-21)28-25(31)8-5-9-26(28)33)30(38)36(20-22-10-12-23(32)13-11-22)17-14-35-15-18-37(19-16-35)42(39,40)24-6-3-2-4-7-24/h2-13H,14-20H2,1H3. The summed E-state index contributed by atoms with van der Waals surface area (Å²) in [6.07, 6.45) is 0. The number of aromatic nitrogens is 1. The lowest BCUT2D eigenvalue weighted by Gasteiger charge is -2.35. The summed E-state index contributed by atoms with van der Waals surface area (Å²) < 4.78 is 61.2. The van der Waals surface area contributed by atoms with Crippen molar-refractivity contribution in [1.82, 2.24) is 19.3 Å². The molecule has 0 saturated carbocycles. The topological polar surface area (TPSA) is 87.0 Å². The molecule has 0 radical (unpaired) electrons. The molecule has 0 atom stereocenters. The largest absolute Gasteiger partial charge is 0.360 e. The summed E-state index contributed by atoms with van der Waals surface area (Å²) in [5.74, 6) is -1.28. The lowest BCUT2D eigenvalue weighted by molar-refractivity contribution is 0.0709. The molecule has 1 aromatic heterocycles. The van der Waals surface area contributed by atoms with Crippen LogP contribution in [0.5, 0.6) is 0 Å². The highest BCUT2D eigenvalue weighted by molar-refractivity contribution is 7.89. The van der Waals surface area contributed by atoms with Crippen LogP contribution in [0.15, 0.2) is 82.2 Å². The number of hydrogen-bond donors (Lipinski definition) is 0. The van der Waals surface area contributed by atoms with E-state index in [2.05, 4.69) is 10.1 Å². The van der Waals surface area contributed by atoms with Gasteiger partial charge in [0.15, 0.2) is 0 Å². The highest BCUT2D eigenvalue weighted by Crippen LogP contribution is 2.34. The molecule has 0 bridgehead atoms. The van der Waals surface area contributed by atoms with Gasteiger partial charge in [-0.25, -0.2) is 17.2 Å². The molecule has 0 aliphatic carbocycles. The van der Waals surface area contributed by atoms with Crippen LogP contribution in [-0.2, 0) is 16.6 Å². The minimum absolute atomic E-state index is 0.00411. The van der Waals surface area contributed by atoms with Crippen LogP contribution in [-0.4, -0.2) is 72.9 Å². The molecular formula is C30H29ClF2N4O4S. The Morgan fingerprint density at radius 1 is 0.976 bits per heavy atom. The molecule has 1 aliphatic rings. The molecular weight excluding hydrogens is 586 g/mol.